The number of aliphatic hydroxyl groups is 1. The van der Waals surface area contributed by atoms with E-state index in [1.165, 1.54) is 6.07 Å². The van der Waals surface area contributed by atoms with Gasteiger partial charge in [0.1, 0.15) is 11.5 Å². The molecule has 0 spiro atoms. The first-order chi connectivity index (χ1) is 12.5. The maximum Gasteiger partial charge on any atom is 0.148 e. The van der Waals surface area contributed by atoms with Crippen LogP contribution >= 0.6 is 0 Å². The number of likely N-dealkylation sites (tertiary alicyclic amines) is 1. The number of ether oxygens (including phenoxy) is 1. The third-order valence-corrected chi connectivity index (χ3v) is 5.84. The molecule has 0 aliphatic carbocycles. The topological polar surface area (TPSA) is 50.5 Å². The van der Waals surface area contributed by atoms with E-state index in [0.29, 0.717) is 37.9 Å². The van der Waals surface area contributed by atoms with Crippen molar-refractivity contribution in [2.45, 2.75) is 44.4 Å². The molecule has 4 rings (SSSR count). The van der Waals surface area contributed by atoms with Crippen molar-refractivity contribution in [3.8, 4) is 5.69 Å². The summed E-state index contributed by atoms with van der Waals surface area (Å²) in [6.07, 6.45) is 4.67. The van der Waals surface area contributed by atoms with Gasteiger partial charge in [-0.05, 0) is 50.9 Å². The van der Waals surface area contributed by atoms with Gasteiger partial charge in [-0.2, -0.15) is 5.10 Å². The summed E-state index contributed by atoms with van der Waals surface area (Å²) in [6.45, 7) is 4.87. The van der Waals surface area contributed by atoms with Crippen molar-refractivity contribution in [3.63, 3.8) is 0 Å². The van der Waals surface area contributed by atoms with Crippen molar-refractivity contribution in [2.24, 2.45) is 5.92 Å². The van der Waals surface area contributed by atoms with Crippen LogP contribution in [0.2, 0.25) is 0 Å². The van der Waals surface area contributed by atoms with Crippen molar-refractivity contribution in [1.82, 2.24) is 14.7 Å². The lowest BCUT2D eigenvalue weighted by atomic mass is 9.79. The second-order valence-corrected chi connectivity index (χ2v) is 7.67. The van der Waals surface area contributed by atoms with Crippen molar-refractivity contribution >= 4 is 0 Å². The maximum absolute atomic E-state index is 14.0. The Labute approximate surface area is 153 Å². The third-order valence-electron chi connectivity index (χ3n) is 5.84. The Kier molecular flexibility index (Phi) is 4.82. The molecule has 1 aromatic carbocycles. The zero-order chi connectivity index (χ0) is 18.1. The number of aromatic nitrogens is 2. The Morgan fingerprint density at radius 3 is 3.00 bits per heavy atom. The summed E-state index contributed by atoms with van der Waals surface area (Å²) < 4.78 is 21.2. The minimum absolute atomic E-state index is 0.118. The van der Waals surface area contributed by atoms with Gasteiger partial charge in [0.2, 0.25) is 0 Å². The molecule has 0 radical (unpaired) electrons. The van der Waals surface area contributed by atoms with E-state index >= 15 is 0 Å². The molecule has 1 aromatic heterocycles. The van der Waals surface area contributed by atoms with Crippen LogP contribution in [0.4, 0.5) is 4.39 Å². The van der Waals surface area contributed by atoms with Gasteiger partial charge in [0, 0.05) is 31.3 Å². The lowest BCUT2D eigenvalue weighted by Gasteiger charge is -2.43. The van der Waals surface area contributed by atoms with E-state index in [-0.39, 0.29) is 11.7 Å². The summed E-state index contributed by atoms with van der Waals surface area (Å²) in [5.74, 6) is -0.163. The molecular formula is C20H26FN3O2. The Bertz CT molecular complexity index is 761. The number of hydrogen-bond acceptors (Lipinski definition) is 4. The fraction of sp³-hybridized carbons (Fsp3) is 0.550. The van der Waals surface area contributed by atoms with E-state index in [9.17, 15) is 9.50 Å². The molecule has 3 atom stereocenters. The van der Waals surface area contributed by atoms with Crippen molar-refractivity contribution in [2.75, 3.05) is 19.8 Å². The van der Waals surface area contributed by atoms with Crippen LogP contribution < -0.4 is 0 Å². The van der Waals surface area contributed by atoms with Gasteiger partial charge >= 0.3 is 0 Å². The predicted octanol–water partition coefficient (Wildman–Crippen LogP) is 2.76. The molecule has 0 amide bonds. The first-order valence-electron chi connectivity index (χ1n) is 9.38. The summed E-state index contributed by atoms with van der Waals surface area (Å²) in [5, 5.41) is 15.4. The molecule has 5 nitrogen and oxygen atoms in total. The monoisotopic (exact) mass is 359 g/mol. The Balaban J connectivity index is 1.49. The van der Waals surface area contributed by atoms with Crippen LogP contribution in [0.3, 0.4) is 0 Å². The Morgan fingerprint density at radius 1 is 1.35 bits per heavy atom. The van der Waals surface area contributed by atoms with Crippen molar-refractivity contribution < 1.29 is 14.2 Å². The number of para-hydroxylation sites is 1. The standard InChI is InChI=1S/C20H26FN3O2/c1-20(25)9-12-26-14-16(20)18-7-4-10-23(18)13-15-8-11-24(22-15)19-6-3-2-5-17(19)21/h2-3,5-6,8,11,16,18,25H,4,7,9-10,12-14H2,1H3. The first kappa shape index (κ1) is 17.6. The van der Waals surface area contributed by atoms with E-state index in [0.717, 1.165) is 25.1 Å². The largest absolute Gasteiger partial charge is 0.390 e. The van der Waals surface area contributed by atoms with Crippen molar-refractivity contribution in [1.29, 1.82) is 0 Å². The van der Waals surface area contributed by atoms with Gasteiger partial charge in [-0.15, -0.1) is 0 Å². The summed E-state index contributed by atoms with van der Waals surface area (Å²) in [4.78, 5) is 2.39. The van der Waals surface area contributed by atoms with Crippen LogP contribution in [0.15, 0.2) is 36.5 Å². The Morgan fingerprint density at radius 2 is 2.19 bits per heavy atom. The maximum atomic E-state index is 14.0. The number of hydrogen-bond donors (Lipinski definition) is 1. The van der Waals surface area contributed by atoms with Crippen molar-refractivity contribution in [3.05, 3.63) is 48.0 Å². The zero-order valence-electron chi connectivity index (χ0n) is 15.1. The van der Waals surface area contributed by atoms with Crippen LogP contribution in [-0.2, 0) is 11.3 Å². The highest BCUT2D eigenvalue weighted by atomic mass is 19.1. The minimum Gasteiger partial charge on any atom is -0.390 e. The number of rotatable bonds is 4. The molecule has 2 aliphatic heterocycles. The average Bonchev–Trinajstić information content (AvgIpc) is 3.25. The highest BCUT2D eigenvalue weighted by Gasteiger charge is 2.44. The SMILES string of the molecule is CC1(O)CCOCC1C1CCCN1Cc1ccn(-c2ccccc2F)n1. The summed E-state index contributed by atoms with van der Waals surface area (Å²) in [7, 11) is 0. The Hall–Kier alpha value is -1.76. The molecule has 0 bridgehead atoms. The molecule has 1 N–H and O–H groups in total. The fourth-order valence-electron chi connectivity index (χ4n) is 4.31. The molecule has 2 aromatic rings. The first-order valence-corrected chi connectivity index (χ1v) is 9.38. The normalized spacial score (nSPS) is 30.0. The zero-order valence-corrected chi connectivity index (χ0v) is 15.1. The molecule has 26 heavy (non-hydrogen) atoms. The number of halogens is 1. The molecule has 6 heteroatoms. The molecule has 2 saturated heterocycles. The van der Waals surface area contributed by atoms with Gasteiger partial charge < -0.3 is 9.84 Å². The van der Waals surface area contributed by atoms with Crippen LogP contribution in [0, 0.1) is 11.7 Å². The lowest BCUT2D eigenvalue weighted by Crippen LogP contribution is -2.52. The smallest absolute Gasteiger partial charge is 0.148 e. The number of benzene rings is 1. The van der Waals surface area contributed by atoms with Gasteiger partial charge in [-0.25, -0.2) is 9.07 Å². The second-order valence-electron chi connectivity index (χ2n) is 7.67. The van der Waals surface area contributed by atoms with Gasteiger partial charge in [-0.3, -0.25) is 4.90 Å². The molecular weight excluding hydrogens is 333 g/mol. The molecule has 3 unspecified atom stereocenters. The van der Waals surface area contributed by atoms with Crippen LogP contribution in [0.1, 0.15) is 31.9 Å². The molecule has 0 saturated carbocycles. The minimum atomic E-state index is -0.683. The van der Waals surface area contributed by atoms with Gasteiger partial charge in [0.25, 0.3) is 0 Å². The predicted molar refractivity (Wildman–Crippen MR) is 96.5 cm³/mol. The van der Waals surface area contributed by atoms with Gasteiger partial charge in [-0.1, -0.05) is 12.1 Å². The molecule has 2 fully saturated rings. The second kappa shape index (κ2) is 7.10. The molecule has 3 heterocycles. The van der Waals surface area contributed by atoms with E-state index < -0.39 is 5.60 Å². The van der Waals surface area contributed by atoms with E-state index in [1.54, 1.807) is 29.1 Å². The summed E-state index contributed by atoms with van der Waals surface area (Å²) in [5.41, 5.74) is 0.690. The van der Waals surface area contributed by atoms with E-state index in [1.807, 2.05) is 13.0 Å². The van der Waals surface area contributed by atoms with Crippen LogP contribution in [0.25, 0.3) is 5.69 Å². The van der Waals surface area contributed by atoms with Crippen LogP contribution in [0.5, 0.6) is 0 Å². The highest BCUT2D eigenvalue weighted by Crippen LogP contribution is 2.36. The third kappa shape index (κ3) is 3.41. The summed E-state index contributed by atoms with van der Waals surface area (Å²) >= 11 is 0. The van der Waals surface area contributed by atoms with E-state index in [2.05, 4.69) is 10.00 Å². The quantitative estimate of drug-likeness (QED) is 0.912. The lowest BCUT2D eigenvalue weighted by molar-refractivity contribution is -0.123. The average molecular weight is 359 g/mol. The van der Waals surface area contributed by atoms with E-state index in [4.69, 9.17) is 4.74 Å². The molecule has 2 aliphatic rings. The van der Waals surface area contributed by atoms with Gasteiger partial charge in [0.15, 0.2) is 0 Å². The highest BCUT2D eigenvalue weighted by molar-refractivity contribution is 5.32. The fourth-order valence-corrected chi connectivity index (χ4v) is 4.31. The van der Waals surface area contributed by atoms with Gasteiger partial charge in [0.05, 0.1) is 17.9 Å². The van der Waals surface area contributed by atoms with Crippen LogP contribution in [-0.4, -0.2) is 51.2 Å². The summed E-state index contributed by atoms with van der Waals surface area (Å²) in [6, 6.07) is 8.89. The molecule has 140 valence electrons. The number of nitrogens with zero attached hydrogens (tertiary/aromatic N) is 3.